The molecule has 0 aromatic heterocycles. The zero-order valence-corrected chi connectivity index (χ0v) is 12.2. The van der Waals surface area contributed by atoms with Crippen LogP contribution in [0.25, 0.3) is 0 Å². The second kappa shape index (κ2) is 9.33. The minimum absolute atomic E-state index is 0.0419. The SMILES string of the molecule is CC(=O)CN(CCN(CC(C)=O)CC(=O)O)CC(C)=O. The van der Waals surface area contributed by atoms with E-state index in [9.17, 15) is 19.2 Å². The summed E-state index contributed by atoms with van der Waals surface area (Å²) in [5.74, 6) is -1.28. The first-order valence-electron chi connectivity index (χ1n) is 6.35. The molecule has 0 atom stereocenters. The number of carbonyl (C=O) groups is 4. The van der Waals surface area contributed by atoms with Crippen LogP contribution in [0.3, 0.4) is 0 Å². The molecule has 114 valence electrons. The van der Waals surface area contributed by atoms with Gasteiger partial charge in [-0.3, -0.25) is 29.0 Å². The smallest absolute Gasteiger partial charge is 0.317 e. The molecule has 0 rings (SSSR count). The van der Waals surface area contributed by atoms with Crippen LogP contribution in [0.5, 0.6) is 0 Å². The van der Waals surface area contributed by atoms with E-state index in [-0.39, 0.29) is 43.5 Å². The second-order valence-electron chi connectivity index (χ2n) is 4.92. The van der Waals surface area contributed by atoms with Crippen molar-refractivity contribution in [1.82, 2.24) is 9.80 Å². The van der Waals surface area contributed by atoms with E-state index >= 15 is 0 Å². The third-order valence-corrected chi connectivity index (χ3v) is 2.43. The molecule has 0 aliphatic carbocycles. The third-order valence-electron chi connectivity index (χ3n) is 2.43. The lowest BCUT2D eigenvalue weighted by molar-refractivity contribution is -0.139. The van der Waals surface area contributed by atoms with Crippen molar-refractivity contribution in [2.24, 2.45) is 0 Å². The first-order chi connectivity index (χ1) is 9.20. The first kappa shape index (κ1) is 18.4. The number of aliphatic carboxylic acids is 1. The molecule has 0 amide bonds. The maximum Gasteiger partial charge on any atom is 0.317 e. The lowest BCUT2D eigenvalue weighted by atomic mass is 10.3. The van der Waals surface area contributed by atoms with Gasteiger partial charge < -0.3 is 5.11 Å². The van der Waals surface area contributed by atoms with E-state index in [0.29, 0.717) is 13.1 Å². The van der Waals surface area contributed by atoms with Crippen LogP contribution in [0.4, 0.5) is 0 Å². The molecule has 0 fully saturated rings. The van der Waals surface area contributed by atoms with Crippen LogP contribution < -0.4 is 0 Å². The molecule has 0 spiro atoms. The molecule has 0 aliphatic heterocycles. The summed E-state index contributed by atoms with van der Waals surface area (Å²) in [6, 6.07) is 0. The van der Waals surface area contributed by atoms with Gasteiger partial charge in [-0.15, -0.1) is 0 Å². The van der Waals surface area contributed by atoms with Crippen molar-refractivity contribution >= 4 is 23.3 Å². The van der Waals surface area contributed by atoms with Crippen molar-refractivity contribution in [2.45, 2.75) is 20.8 Å². The fraction of sp³-hybridized carbons (Fsp3) is 0.692. The van der Waals surface area contributed by atoms with Gasteiger partial charge in [-0.1, -0.05) is 0 Å². The molecular weight excluding hydrogens is 264 g/mol. The Morgan fingerprint density at radius 2 is 1.00 bits per heavy atom. The van der Waals surface area contributed by atoms with Gasteiger partial charge >= 0.3 is 5.97 Å². The number of rotatable bonds is 11. The number of ketones is 3. The van der Waals surface area contributed by atoms with Gasteiger partial charge in [-0.2, -0.15) is 0 Å². The molecule has 1 N–H and O–H groups in total. The van der Waals surface area contributed by atoms with E-state index in [1.54, 1.807) is 4.90 Å². The molecule has 0 radical (unpaired) electrons. The van der Waals surface area contributed by atoms with Crippen LogP contribution >= 0.6 is 0 Å². The van der Waals surface area contributed by atoms with E-state index in [0.717, 1.165) is 0 Å². The van der Waals surface area contributed by atoms with Crippen molar-refractivity contribution in [1.29, 1.82) is 0 Å². The minimum atomic E-state index is -1.02. The highest BCUT2D eigenvalue weighted by atomic mass is 16.4. The van der Waals surface area contributed by atoms with Gasteiger partial charge in [0.05, 0.1) is 26.2 Å². The number of Topliss-reactive ketones (excluding diaryl/α,β-unsaturated/α-hetero) is 3. The van der Waals surface area contributed by atoms with Gasteiger partial charge in [0.2, 0.25) is 0 Å². The van der Waals surface area contributed by atoms with Crippen molar-refractivity contribution in [3.05, 3.63) is 0 Å². The standard InChI is InChI=1S/C13H22N2O5/c1-10(16)6-14(7-11(2)17)4-5-15(8-12(3)18)9-13(19)20/h4-9H2,1-3H3,(H,19,20). The van der Waals surface area contributed by atoms with Crippen LogP contribution in [0.1, 0.15) is 20.8 Å². The maximum absolute atomic E-state index is 11.1. The third kappa shape index (κ3) is 10.3. The largest absolute Gasteiger partial charge is 0.480 e. The number of nitrogens with zero attached hydrogens (tertiary/aromatic N) is 2. The number of carboxylic acid groups (broad SMARTS) is 1. The number of carbonyl (C=O) groups excluding carboxylic acids is 3. The lowest BCUT2D eigenvalue weighted by Crippen LogP contribution is -2.42. The summed E-state index contributed by atoms with van der Waals surface area (Å²) in [7, 11) is 0. The van der Waals surface area contributed by atoms with Gasteiger partial charge in [0, 0.05) is 13.1 Å². The molecule has 0 heterocycles. The highest BCUT2D eigenvalue weighted by molar-refractivity contribution is 5.80. The van der Waals surface area contributed by atoms with Crippen molar-refractivity contribution in [3.8, 4) is 0 Å². The predicted octanol–water partition coefficient (Wildman–Crippen LogP) is -0.558. The van der Waals surface area contributed by atoms with E-state index < -0.39 is 5.97 Å². The Balaban J connectivity index is 4.49. The molecule has 7 heteroatoms. The summed E-state index contributed by atoms with van der Waals surface area (Å²) in [5.41, 5.74) is 0. The summed E-state index contributed by atoms with van der Waals surface area (Å²) < 4.78 is 0. The normalized spacial score (nSPS) is 10.8. The minimum Gasteiger partial charge on any atom is -0.480 e. The quantitative estimate of drug-likeness (QED) is 0.544. The van der Waals surface area contributed by atoms with Crippen LogP contribution in [0.15, 0.2) is 0 Å². The number of hydrogen-bond donors (Lipinski definition) is 1. The monoisotopic (exact) mass is 286 g/mol. The zero-order valence-electron chi connectivity index (χ0n) is 12.2. The van der Waals surface area contributed by atoms with E-state index in [1.807, 2.05) is 0 Å². The highest BCUT2D eigenvalue weighted by Crippen LogP contribution is 1.95. The van der Waals surface area contributed by atoms with Crippen LogP contribution in [-0.2, 0) is 19.2 Å². The second-order valence-corrected chi connectivity index (χ2v) is 4.92. The van der Waals surface area contributed by atoms with Crippen molar-refractivity contribution in [3.63, 3.8) is 0 Å². The maximum atomic E-state index is 11.1. The Kier molecular flexibility index (Phi) is 8.58. The Labute approximate surface area is 118 Å². The van der Waals surface area contributed by atoms with Gasteiger partial charge in [0.25, 0.3) is 0 Å². The van der Waals surface area contributed by atoms with Gasteiger partial charge in [-0.25, -0.2) is 0 Å². The Morgan fingerprint density at radius 1 is 0.700 bits per heavy atom. The molecule has 7 nitrogen and oxygen atoms in total. The van der Waals surface area contributed by atoms with Gasteiger partial charge in [0.1, 0.15) is 17.3 Å². The first-order valence-corrected chi connectivity index (χ1v) is 6.35. The molecule has 0 unspecified atom stereocenters. The predicted molar refractivity (Wildman–Crippen MR) is 72.6 cm³/mol. The van der Waals surface area contributed by atoms with Crippen LogP contribution in [0, 0.1) is 0 Å². The number of hydrogen-bond acceptors (Lipinski definition) is 6. The van der Waals surface area contributed by atoms with E-state index in [2.05, 4.69) is 0 Å². The summed E-state index contributed by atoms with van der Waals surface area (Å²) in [6.45, 7) is 4.99. The van der Waals surface area contributed by atoms with Gasteiger partial charge in [0.15, 0.2) is 0 Å². The lowest BCUT2D eigenvalue weighted by Gasteiger charge is -2.24. The van der Waals surface area contributed by atoms with Gasteiger partial charge in [-0.05, 0) is 20.8 Å². The Bertz CT molecular complexity index is 313. The van der Waals surface area contributed by atoms with E-state index in [1.165, 1.54) is 25.7 Å². The molecule has 0 aromatic rings. The van der Waals surface area contributed by atoms with Crippen LogP contribution in [-0.4, -0.2) is 77.5 Å². The summed E-state index contributed by atoms with van der Waals surface area (Å²) >= 11 is 0. The molecule has 0 aliphatic rings. The molecule has 0 bridgehead atoms. The molecule has 20 heavy (non-hydrogen) atoms. The summed E-state index contributed by atoms with van der Waals surface area (Å²) in [5, 5.41) is 8.78. The Hall–Kier alpha value is -1.60. The summed E-state index contributed by atoms with van der Waals surface area (Å²) in [6.07, 6.45) is 0. The molecular formula is C13H22N2O5. The van der Waals surface area contributed by atoms with Crippen molar-refractivity contribution < 1.29 is 24.3 Å². The van der Waals surface area contributed by atoms with E-state index in [4.69, 9.17) is 5.11 Å². The fourth-order valence-electron chi connectivity index (χ4n) is 1.85. The average Bonchev–Trinajstić information content (AvgIpc) is 2.22. The molecule has 0 saturated carbocycles. The topological polar surface area (TPSA) is 95.0 Å². The fourth-order valence-corrected chi connectivity index (χ4v) is 1.85. The highest BCUT2D eigenvalue weighted by Gasteiger charge is 2.15. The van der Waals surface area contributed by atoms with Crippen molar-refractivity contribution in [2.75, 3.05) is 39.3 Å². The number of carboxylic acids is 1. The Morgan fingerprint density at radius 3 is 1.25 bits per heavy atom. The molecule has 0 aromatic carbocycles. The average molecular weight is 286 g/mol. The molecule has 0 saturated heterocycles. The zero-order chi connectivity index (χ0) is 15.7. The summed E-state index contributed by atoms with van der Waals surface area (Å²) in [4.78, 5) is 47.2. The van der Waals surface area contributed by atoms with Crippen LogP contribution in [0.2, 0.25) is 0 Å².